The van der Waals surface area contributed by atoms with Crippen molar-refractivity contribution in [3.05, 3.63) is 29.8 Å². The molecule has 3 atom stereocenters. The predicted octanol–water partition coefficient (Wildman–Crippen LogP) is 2.32. The van der Waals surface area contributed by atoms with Gasteiger partial charge in [0.25, 0.3) is 0 Å². The lowest BCUT2D eigenvalue weighted by Crippen LogP contribution is -2.51. The molecule has 3 rings (SSSR count). The maximum absolute atomic E-state index is 6.01. The van der Waals surface area contributed by atoms with E-state index in [1.807, 2.05) is 6.07 Å². The van der Waals surface area contributed by atoms with Crippen LogP contribution in [-0.4, -0.2) is 48.7 Å². The highest BCUT2D eigenvalue weighted by atomic mass is 35.5. The topological polar surface area (TPSA) is 21.7 Å². The SMILES string of the molecule is CC1COC(CCl)CN1CC1Cc2ccccc2O1. The second kappa shape index (κ2) is 5.70. The van der Waals surface area contributed by atoms with Crippen LogP contribution in [0.2, 0.25) is 0 Å². The number of alkyl halides is 1. The fourth-order valence-corrected chi connectivity index (χ4v) is 3.03. The van der Waals surface area contributed by atoms with E-state index in [-0.39, 0.29) is 12.2 Å². The standard InChI is InChI=1S/C15H20ClNO2/c1-11-10-18-14(7-16)9-17(11)8-13-6-12-4-2-3-5-15(12)19-13/h2-5,11,13-14H,6-10H2,1H3. The summed E-state index contributed by atoms with van der Waals surface area (Å²) in [6, 6.07) is 8.75. The smallest absolute Gasteiger partial charge is 0.123 e. The summed E-state index contributed by atoms with van der Waals surface area (Å²) in [6.07, 6.45) is 1.42. The zero-order chi connectivity index (χ0) is 13.2. The molecule has 1 fully saturated rings. The molecule has 0 amide bonds. The van der Waals surface area contributed by atoms with E-state index in [4.69, 9.17) is 21.1 Å². The molecule has 0 aliphatic carbocycles. The molecule has 2 heterocycles. The van der Waals surface area contributed by atoms with E-state index in [2.05, 4.69) is 30.0 Å². The first-order chi connectivity index (χ1) is 9.26. The summed E-state index contributed by atoms with van der Waals surface area (Å²) in [4.78, 5) is 2.44. The van der Waals surface area contributed by atoms with Crippen molar-refractivity contribution in [3.63, 3.8) is 0 Å². The van der Waals surface area contributed by atoms with Gasteiger partial charge in [0.15, 0.2) is 0 Å². The Hall–Kier alpha value is -0.770. The lowest BCUT2D eigenvalue weighted by atomic mass is 10.1. The van der Waals surface area contributed by atoms with Crippen LogP contribution in [0.25, 0.3) is 0 Å². The summed E-state index contributed by atoms with van der Waals surface area (Å²) in [6.45, 7) is 4.82. The van der Waals surface area contributed by atoms with Gasteiger partial charge in [-0.1, -0.05) is 18.2 Å². The van der Waals surface area contributed by atoms with Crippen molar-refractivity contribution >= 4 is 11.6 Å². The quantitative estimate of drug-likeness (QED) is 0.794. The van der Waals surface area contributed by atoms with Gasteiger partial charge in [0.05, 0.1) is 12.7 Å². The Morgan fingerprint density at radius 1 is 1.32 bits per heavy atom. The Morgan fingerprint density at radius 3 is 2.95 bits per heavy atom. The van der Waals surface area contributed by atoms with Gasteiger partial charge < -0.3 is 9.47 Å². The summed E-state index contributed by atoms with van der Waals surface area (Å²) in [5.74, 6) is 1.61. The Bertz CT molecular complexity index is 415. The van der Waals surface area contributed by atoms with E-state index in [0.29, 0.717) is 11.9 Å². The predicted molar refractivity (Wildman–Crippen MR) is 76.1 cm³/mol. The minimum atomic E-state index is 0.154. The van der Waals surface area contributed by atoms with E-state index in [0.717, 1.165) is 31.9 Å². The van der Waals surface area contributed by atoms with E-state index < -0.39 is 0 Å². The minimum absolute atomic E-state index is 0.154. The van der Waals surface area contributed by atoms with E-state index in [1.165, 1.54) is 5.56 Å². The maximum atomic E-state index is 6.01. The van der Waals surface area contributed by atoms with Crippen molar-refractivity contribution in [1.82, 2.24) is 4.90 Å². The van der Waals surface area contributed by atoms with Crippen LogP contribution in [0.3, 0.4) is 0 Å². The third-order valence-electron chi connectivity index (χ3n) is 3.96. The molecule has 19 heavy (non-hydrogen) atoms. The number of fused-ring (bicyclic) bond motifs is 1. The number of nitrogens with zero attached hydrogens (tertiary/aromatic N) is 1. The van der Waals surface area contributed by atoms with Crippen molar-refractivity contribution in [2.75, 3.05) is 25.6 Å². The number of ether oxygens (including phenoxy) is 2. The zero-order valence-electron chi connectivity index (χ0n) is 11.2. The average molecular weight is 282 g/mol. The summed E-state index contributed by atoms with van der Waals surface area (Å²) in [5, 5.41) is 0. The third kappa shape index (κ3) is 2.88. The minimum Gasteiger partial charge on any atom is -0.488 e. The van der Waals surface area contributed by atoms with Crippen LogP contribution in [0.5, 0.6) is 5.75 Å². The second-order valence-electron chi connectivity index (χ2n) is 5.46. The molecule has 1 aromatic rings. The highest BCUT2D eigenvalue weighted by Gasteiger charge is 2.30. The lowest BCUT2D eigenvalue weighted by molar-refractivity contribution is -0.0565. The number of rotatable bonds is 3. The molecule has 1 saturated heterocycles. The molecule has 4 heteroatoms. The van der Waals surface area contributed by atoms with Crippen molar-refractivity contribution in [1.29, 1.82) is 0 Å². The highest BCUT2D eigenvalue weighted by Crippen LogP contribution is 2.29. The molecule has 3 nitrogen and oxygen atoms in total. The molecule has 2 aliphatic heterocycles. The number of morpholine rings is 1. The lowest BCUT2D eigenvalue weighted by Gasteiger charge is -2.38. The van der Waals surface area contributed by atoms with Crippen molar-refractivity contribution in [2.24, 2.45) is 0 Å². The average Bonchev–Trinajstić information content (AvgIpc) is 2.83. The number of hydrogen-bond donors (Lipinski definition) is 0. The molecule has 0 radical (unpaired) electrons. The van der Waals surface area contributed by atoms with E-state index in [1.54, 1.807) is 0 Å². The van der Waals surface area contributed by atoms with Crippen LogP contribution in [0.4, 0.5) is 0 Å². The van der Waals surface area contributed by atoms with E-state index >= 15 is 0 Å². The number of hydrogen-bond acceptors (Lipinski definition) is 3. The van der Waals surface area contributed by atoms with Crippen LogP contribution >= 0.6 is 11.6 Å². The molecular weight excluding hydrogens is 262 g/mol. The fraction of sp³-hybridized carbons (Fsp3) is 0.600. The number of benzene rings is 1. The molecule has 2 aliphatic rings. The second-order valence-corrected chi connectivity index (χ2v) is 5.77. The molecule has 1 aromatic carbocycles. The Balaban J connectivity index is 1.60. The van der Waals surface area contributed by atoms with Gasteiger partial charge in [-0.05, 0) is 18.6 Å². The first kappa shape index (κ1) is 13.2. The summed E-state index contributed by atoms with van der Waals surface area (Å²) in [7, 11) is 0. The fourth-order valence-electron chi connectivity index (χ4n) is 2.84. The van der Waals surface area contributed by atoms with Crippen LogP contribution in [0, 0.1) is 0 Å². The largest absolute Gasteiger partial charge is 0.488 e. The summed E-state index contributed by atoms with van der Waals surface area (Å²) < 4.78 is 11.7. The van der Waals surface area contributed by atoms with Crippen molar-refractivity contribution in [3.8, 4) is 5.75 Å². The molecular formula is C15H20ClNO2. The Labute approximate surface area is 119 Å². The van der Waals surface area contributed by atoms with Crippen molar-refractivity contribution in [2.45, 2.75) is 31.6 Å². The molecule has 0 saturated carbocycles. The van der Waals surface area contributed by atoms with Crippen LogP contribution in [0.1, 0.15) is 12.5 Å². The maximum Gasteiger partial charge on any atom is 0.123 e. The Kier molecular flexibility index (Phi) is 3.96. The van der Waals surface area contributed by atoms with Gasteiger partial charge in [0.1, 0.15) is 11.9 Å². The molecule has 0 bridgehead atoms. The Morgan fingerprint density at radius 2 is 2.16 bits per heavy atom. The highest BCUT2D eigenvalue weighted by molar-refractivity contribution is 6.18. The first-order valence-corrected chi connectivity index (χ1v) is 7.46. The van der Waals surface area contributed by atoms with Gasteiger partial charge >= 0.3 is 0 Å². The van der Waals surface area contributed by atoms with Crippen LogP contribution < -0.4 is 4.74 Å². The van der Waals surface area contributed by atoms with Gasteiger partial charge in [-0.15, -0.1) is 11.6 Å². The first-order valence-electron chi connectivity index (χ1n) is 6.92. The summed E-state index contributed by atoms with van der Waals surface area (Å²) in [5.41, 5.74) is 1.32. The van der Waals surface area contributed by atoms with Gasteiger partial charge in [0, 0.05) is 31.4 Å². The van der Waals surface area contributed by atoms with E-state index in [9.17, 15) is 0 Å². The monoisotopic (exact) mass is 281 g/mol. The van der Waals surface area contributed by atoms with Crippen LogP contribution in [0.15, 0.2) is 24.3 Å². The summed E-state index contributed by atoms with van der Waals surface area (Å²) >= 11 is 5.90. The zero-order valence-corrected chi connectivity index (χ0v) is 12.0. The normalized spacial score (nSPS) is 30.9. The van der Waals surface area contributed by atoms with Gasteiger partial charge in [0.2, 0.25) is 0 Å². The molecule has 0 spiro atoms. The van der Waals surface area contributed by atoms with Crippen LogP contribution in [-0.2, 0) is 11.2 Å². The number of halogens is 1. The van der Waals surface area contributed by atoms with Gasteiger partial charge in [-0.25, -0.2) is 0 Å². The third-order valence-corrected chi connectivity index (χ3v) is 4.30. The number of para-hydroxylation sites is 1. The van der Waals surface area contributed by atoms with Gasteiger partial charge in [-0.3, -0.25) is 4.90 Å². The van der Waals surface area contributed by atoms with Crippen molar-refractivity contribution < 1.29 is 9.47 Å². The molecule has 3 unspecified atom stereocenters. The van der Waals surface area contributed by atoms with Gasteiger partial charge in [-0.2, -0.15) is 0 Å². The molecule has 104 valence electrons. The molecule has 0 N–H and O–H groups in total. The molecule has 0 aromatic heterocycles.